The number of rotatable bonds is 3. The van der Waals surface area contributed by atoms with Crippen molar-refractivity contribution in [1.82, 2.24) is 4.98 Å². The Balaban J connectivity index is 1.98. The quantitative estimate of drug-likeness (QED) is 0.719. The molecule has 2 heteroatoms. The van der Waals surface area contributed by atoms with Crippen LogP contribution in [0, 0.1) is 6.92 Å². The molecule has 2 aromatic carbocycles. The highest BCUT2D eigenvalue weighted by Crippen LogP contribution is 2.24. The number of aromatic amines is 1. The lowest BCUT2D eigenvalue weighted by Crippen LogP contribution is -1.91. The summed E-state index contributed by atoms with van der Waals surface area (Å²) in [5.74, 6) is 0. The third-order valence-electron chi connectivity index (χ3n) is 3.65. The molecule has 0 aliphatic rings. The van der Waals surface area contributed by atoms with E-state index in [2.05, 4.69) is 65.8 Å². The van der Waals surface area contributed by atoms with Gasteiger partial charge in [0.15, 0.2) is 0 Å². The summed E-state index contributed by atoms with van der Waals surface area (Å²) in [4.78, 5) is 3.46. The second-order valence-corrected chi connectivity index (χ2v) is 4.90. The standard InChI is InChI=1S/C17H18N2/c1-12-16(15-5-3-4-6-17(15)19-12)11-13-7-9-14(18-2)10-8-13/h3-10,18-19H,11H2,1-2H3. The molecule has 0 aliphatic carbocycles. The van der Waals surface area contributed by atoms with Gasteiger partial charge in [-0.3, -0.25) is 0 Å². The minimum absolute atomic E-state index is 0.972. The molecule has 3 aromatic rings. The Morgan fingerprint density at radius 2 is 1.74 bits per heavy atom. The summed E-state index contributed by atoms with van der Waals surface area (Å²) >= 11 is 0. The van der Waals surface area contributed by atoms with Crippen molar-refractivity contribution < 1.29 is 0 Å². The van der Waals surface area contributed by atoms with Crippen LogP contribution in [0.5, 0.6) is 0 Å². The van der Waals surface area contributed by atoms with Gasteiger partial charge in [0.25, 0.3) is 0 Å². The predicted octanol–water partition coefficient (Wildman–Crippen LogP) is 4.11. The van der Waals surface area contributed by atoms with Gasteiger partial charge in [-0.25, -0.2) is 0 Å². The van der Waals surface area contributed by atoms with E-state index < -0.39 is 0 Å². The topological polar surface area (TPSA) is 27.8 Å². The number of hydrogen-bond donors (Lipinski definition) is 2. The van der Waals surface area contributed by atoms with E-state index in [4.69, 9.17) is 0 Å². The Morgan fingerprint density at radius 1 is 1.00 bits per heavy atom. The van der Waals surface area contributed by atoms with E-state index in [1.807, 2.05) is 7.05 Å². The van der Waals surface area contributed by atoms with Crippen molar-refractivity contribution in [2.75, 3.05) is 12.4 Å². The molecule has 0 atom stereocenters. The first-order chi connectivity index (χ1) is 9.28. The van der Waals surface area contributed by atoms with Gasteiger partial charge in [0.2, 0.25) is 0 Å². The number of H-pyrrole nitrogens is 1. The number of anilines is 1. The van der Waals surface area contributed by atoms with Gasteiger partial charge in [-0.2, -0.15) is 0 Å². The van der Waals surface area contributed by atoms with Crippen LogP contribution >= 0.6 is 0 Å². The monoisotopic (exact) mass is 250 g/mol. The highest BCUT2D eigenvalue weighted by molar-refractivity contribution is 5.84. The van der Waals surface area contributed by atoms with E-state index in [1.54, 1.807) is 0 Å². The van der Waals surface area contributed by atoms with E-state index in [1.165, 1.54) is 27.7 Å². The maximum Gasteiger partial charge on any atom is 0.0458 e. The molecular formula is C17H18N2. The normalized spacial score (nSPS) is 10.8. The zero-order valence-corrected chi connectivity index (χ0v) is 11.3. The Morgan fingerprint density at radius 3 is 2.47 bits per heavy atom. The summed E-state index contributed by atoms with van der Waals surface area (Å²) in [6, 6.07) is 17.1. The fraction of sp³-hybridized carbons (Fsp3) is 0.176. The van der Waals surface area contributed by atoms with Gasteiger partial charge in [-0.05, 0) is 42.7 Å². The summed E-state index contributed by atoms with van der Waals surface area (Å²) in [5.41, 5.74) is 6.37. The van der Waals surface area contributed by atoms with Crippen molar-refractivity contribution >= 4 is 16.6 Å². The van der Waals surface area contributed by atoms with Crippen LogP contribution in [0.15, 0.2) is 48.5 Å². The minimum Gasteiger partial charge on any atom is -0.388 e. The lowest BCUT2D eigenvalue weighted by atomic mass is 10.0. The van der Waals surface area contributed by atoms with Crippen LogP contribution in [-0.4, -0.2) is 12.0 Å². The maximum absolute atomic E-state index is 3.46. The van der Waals surface area contributed by atoms with Crippen molar-refractivity contribution in [1.29, 1.82) is 0 Å². The molecule has 2 N–H and O–H groups in total. The number of aromatic nitrogens is 1. The Kier molecular flexibility index (Phi) is 3.00. The molecule has 0 radical (unpaired) electrons. The lowest BCUT2D eigenvalue weighted by molar-refractivity contribution is 1.15. The van der Waals surface area contributed by atoms with Crippen LogP contribution in [0.4, 0.5) is 5.69 Å². The molecule has 0 fully saturated rings. The molecule has 0 saturated heterocycles. The average Bonchev–Trinajstić information content (AvgIpc) is 2.76. The van der Waals surface area contributed by atoms with E-state index in [0.29, 0.717) is 0 Å². The molecule has 1 heterocycles. The SMILES string of the molecule is CNc1ccc(Cc2c(C)[nH]c3ccccc23)cc1. The second-order valence-electron chi connectivity index (χ2n) is 4.90. The smallest absolute Gasteiger partial charge is 0.0458 e. The number of hydrogen-bond acceptors (Lipinski definition) is 1. The molecule has 2 nitrogen and oxygen atoms in total. The van der Waals surface area contributed by atoms with E-state index >= 15 is 0 Å². The van der Waals surface area contributed by atoms with Gasteiger partial charge >= 0.3 is 0 Å². The molecular weight excluding hydrogens is 232 g/mol. The lowest BCUT2D eigenvalue weighted by Gasteiger charge is -2.04. The van der Waals surface area contributed by atoms with Crippen LogP contribution in [-0.2, 0) is 6.42 Å². The predicted molar refractivity (Wildman–Crippen MR) is 81.8 cm³/mol. The number of benzene rings is 2. The molecule has 0 aliphatic heterocycles. The molecule has 19 heavy (non-hydrogen) atoms. The van der Waals surface area contributed by atoms with Gasteiger partial charge in [0.1, 0.15) is 0 Å². The van der Waals surface area contributed by atoms with E-state index in [9.17, 15) is 0 Å². The molecule has 0 saturated carbocycles. The Labute approximate surface area is 113 Å². The molecule has 3 rings (SSSR count). The van der Waals surface area contributed by atoms with E-state index in [0.717, 1.165) is 12.1 Å². The van der Waals surface area contributed by atoms with Crippen LogP contribution in [0.1, 0.15) is 16.8 Å². The van der Waals surface area contributed by atoms with Crippen LogP contribution in [0.25, 0.3) is 10.9 Å². The molecule has 0 amide bonds. The fourth-order valence-corrected chi connectivity index (χ4v) is 2.56. The summed E-state index contributed by atoms with van der Waals surface area (Å²) < 4.78 is 0. The highest BCUT2D eigenvalue weighted by atomic mass is 14.8. The third-order valence-corrected chi connectivity index (χ3v) is 3.65. The number of nitrogens with one attached hydrogen (secondary N) is 2. The zero-order chi connectivity index (χ0) is 13.2. The summed E-state index contributed by atoms with van der Waals surface area (Å²) in [6.45, 7) is 2.15. The van der Waals surface area contributed by atoms with Crippen molar-refractivity contribution in [2.45, 2.75) is 13.3 Å². The van der Waals surface area contributed by atoms with Gasteiger partial charge in [0.05, 0.1) is 0 Å². The summed E-state index contributed by atoms with van der Waals surface area (Å²) in [7, 11) is 1.94. The van der Waals surface area contributed by atoms with Crippen molar-refractivity contribution in [3.63, 3.8) is 0 Å². The largest absolute Gasteiger partial charge is 0.388 e. The van der Waals surface area contributed by atoms with Crippen LogP contribution < -0.4 is 5.32 Å². The summed E-state index contributed by atoms with van der Waals surface area (Å²) in [6.07, 6.45) is 0.972. The second kappa shape index (κ2) is 4.81. The van der Waals surface area contributed by atoms with Crippen molar-refractivity contribution in [3.05, 3.63) is 65.4 Å². The maximum atomic E-state index is 3.46. The molecule has 0 bridgehead atoms. The van der Waals surface area contributed by atoms with E-state index in [-0.39, 0.29) is 0 Å². The first-order valence-electron chi connectivity index (χ1n) is 6.61. The number of aryl methyl sites for hydroxylation is 1. The molecule has 0 spiro atoms. The average molecular weight is 250 g/mol. The van der Waals surface area contributed by atoms with Crippen LogP contribution in [0.2, 0.25) is 0 Å². The molecule has 1 aromatic heterocycles. The Bertz CT molecular complexity index is 693. The van der Waals surface area contributed by atoms with Crippen molar-refractivity contribution in [3.8, 4) is 0 Å². The Hall–Kier alpha value is -2.22. The number of para-hydroxylation sites is 1. The van der Waals surface area contributed by atoms with Crippen molar-refractivity contribution in [2.24, 2.45) is 0 Å². The highest BCUT2D eigenvalue weighted by Gasteiger charge is 2.08. The summed E-state index contributed by atoms with van der Waals surface area (Å²) in [5, 5.41) is 4.48. The van der Waals surface area contributed by atoms with Gasteiger partial charge in [0, 0.05) is 29.3 Å². The van der Waals surface area contributed by atoms with Gasteiger partial charge in [-0.1, -0.05) is 30.3 Å². The fourth-order valence-electron chi connectivity index (χ4n) is 2.56. The zero-order valence-electron chi connectivity index (χ0n) is 11.3. The van der Waals surface area contributed by atoms with Gasteiger partial charge in [-0.15, -0.1) is 0 Å². The minimum atomic E-state index is 0.972. The molecule has 0 unspecified atom stereocenters. The third kappa shape index (κ3) is 2.22. The van der Waals surface area contributed by atoms with Crippen LogP contribution in [0.3, 0.4) is 0 Å². The van der Waals surface area contributed by atoms with Gasteiger partial charge < -0.3 is 10.3 Å². The first-order valence-corrected chi connectivity index (χ1v) is 6.61. The first kappa shape index (κ1) is 11.8. The number of fused-ring (bicyclic) bond motifs is 1. The molecule has 96 valence electrons.